The van der Waals surface area contributed by atoms with Gasteiger partial charge >= 0.3 is 12.1 Å². The molecular weight excluding hydrogens is 509 g/mol. The van der Waals surface area contributed by atoms with E-state index in [4.69, 9.17) is 4.74 Å². The van der Waals surface area contributed by atoms with Crippen molar-refractivity contribution in [2.75, 3.05) is 36.9 Å². The van der Waals surface area contributed by atoms with Crippen LogP contribution in [-0.4, -0.2) is 53.2 Å². The Bertz CT molecular complexity index is 1230. The molecule has 3 aromatic rings. The van der Waals surface area contributed by atoms with Crippen molar-refractivity contribution in [2.24, 2.45) is 0 Å². The number of benzene rings is 1. The topological polar surface area (TPSA) is 79.4 Å². The minimum Gasteiger partial charge on any atom is -0.476 e. The van der Waals surface area contributed by atoms with Gasteiger partial charge in [0.2, 0.25) is 5.88 Å². The van der Waals surface area contributed by atoms with E-state index in [-0.39, 0.29) is 17.1 Å². The minimum absolute atomic E-state index is 0.0522. The van der Waals surface area contributed by atoms with Crippen molar-refractivity contribution < 1.29 is 31.5 Å². The Balaban J connectivity index is 1.36. The number of carbonyl (C=O) groups excluding carboxylic acids is 1. The second-order valence-corrected chi connectivity index (χ2v) is 8.76. The number of nitrogens with zero attached hydrogens (tertiary/aromatic N) is 3. The summed E-state index contributed by atoms with van der Waals surface area (Å²) in [6.07, 6.45) is -0.184. The third-order valence-corrected chi connectivity index (χ3v) is 6.03. The lowest BCUT2D eigenvalue weighted by molar-refractivity contribution is -0.289. The summed E-state index contributed by atoms with van der Waals surface area (Å²) in [5, 5.41) is 5.57. The zero-order valence-electron chi connectivity index (χ0n) is 20.3. The molecule has 2 N–H and O–H groups in total. The minimum atomic E-state index is -5.72. The van der Waals surface area contributed by atoms with Gasteiger partial charge in [0.1, 0.15) is 12.4 Å². The lowest BCUT2D eigenvalue weighted by atomic mass is 10.1. The summed E-state index contributed by atoms with van der Waals surface area (Å²) in [7, 11) is 0. The van der Waals surface area contributed by atoms with E-state index in [2.05, 4.69) is 25.5 Å². The van der Waals surface area contributed by atoms with Gasteiger partial charge in [0.15, 0.2) is 0 Å². The molecule has 0 aliphatic carbocycles. The molecule has 3 heterocycles. The molecule has 2 aromatic heterocycles. The van der Waals surface area contributed by atoms with Gasteiger partial charge < -0.3 is 15.4 Å². The number of pyridine rings is 2. The van der Waals surface area contributed by atoms with E-state index in [1.165, 1.54) is 25.1 Å². The first-order chi connectivity index (χ1) is 18.1. The van der Waals surface area contributed by atoms with Gasteiger partial charge in [-0.25, -0.2) is 9.97 Å². The number of rotatable bonds is 10. The standard InChI is InChI=1S/C26H26F5N5O2/c27-25(28,26(29,30)31)19-5-7-20(8-6-19)35-24(37)21-4-3-10-33-23(21)34-17-18-9-11-32-22(16-18)38-15-14-36-12-1-2-13-36/h3-11,16H,1-2,12-15,17H2,(H,33,34)(H,35,37). The Labute approximate surface area is 216 Å². The molecule has 1 amide bonds. The van der Waals surface area contributed by atoms with E-state index in [0.29, 0.717) is 31.2 Å². The molecule has 0 bridgehead atoms. The van der Waals surface area contributed by atoms with Crippen molar-refractivity contribution >= 4 is 17.4 Å². The number of aromatic nitrogens is 2. The number of halogens is 5. The Morgan fingerprint density at radius 3 is 2.42 bits per heavy atom. The average molecular weight is 536 g/mol. The van der Waals surface area contributed by atoms with Gasteiger partial charge in [-0.2, -0.15) is 22.0 Å². The van der Waals surface area contributed by atoms with Gasteiger partial charge in [0.25, 0.3) is 5.91 Å². The van der Waals surface area contributed by atoms with Crippen LogP contribution in [0.25, 0.3) is 0 Å². The SMILES string of the molecule is O=C(Nc1ccc(C(F)(F)C(F)(F)F)cc1)c1cccnc1NCc1ccnc(OCCN2CCCC2)c1. The highest BCUT2D eigenvalue weighted by Gasteiger charge is 2.58. The summed E-state index contributed by atoms with van der Waals surface area (Å²) >= 11 is 0. The summed E-state index contributed by atoms with van der Waals surface area (Å²) in [5.41, 5.74) is -0.164. The molecule has 1 fully saturated rings. The number of hydrogen-bond acceptors (Lipinski definition) is 6. The predicted octanol–water partition coefficient (Wildman–Crippen LogP) is 5.47. The molecule has 38 heavy (non-hydrogen) atoms. The highest BCUT2D eigenvalue weighted by molar-refractivity contribution is 6.07. The van der Waals surface area contributed by atoms with Crippen molar-refractivity contribution in [3.8, 4) is 5.88 Å². The third kappa shape index (κ3) is 6.74. The van der Waals surface area contributed by atoms with Gasteiger partial charge in [-0.3, -0.25) is 9.69 Å². The predicted molar refractivity (Wildman–Crippen MR) is 131 cm³/mol. The average Bonchev–Trinajstić information content (AvgIpc) is 3.41. The maximum absolute atomic E-state index is 13.5. The molecular formula is C26H26F5N5O2. The fraction of sp³-hybridized carbons (Fsp3) is 0.346. The van der Waals surface area contributed by atoms with Crippen molar-refractivity contribution in [2.45, 2.75) is 31.5 Å². The van der Waals surface area contributed by atoms with Gasteiger partial charge in [-0.05, 0) is 61.8 Å². The largest absolute Gasteiger partial charge is 0.476 e. The molecule has 7 nitrogen and oxygen atoms in total. The maximum Gasteiger partial charge on any atom is 0.458 e. The van der Waals surface area contributed by atoms with Crippen LogP contribution in [0.3, 0.4) is 0 Å². The van der Waals surface area contributed by atoms with Gasteiger partial charge in [0.05, 0.1) is 5.56 Å². The highest BCUT2D eigenvalue weighted by Crippen LogP contribution is 2.43. The Morgan fingerprint density at radius 1 is 0.974 bits per heavy atom. The van der Waals surface area contributed by atoms with E-state index in [0.717, 1.165) is 37.3 Å². The molecule has 0 radical (unpaired) electrons. The van der Waals surface area contributed by atoms with Crippen molar-refractivity contribution in [3.05, 3.63) is 77.6 Å². The van der Waals surface area contributed by atoms with E-state index in [9.17, 15) is 26.7 Å². The normalized spacial score (nSPS) is 14.3. The van der Waals surface area contributed by atoms with Crippen molar-refractivity contribution in [1.82, 2.24) is 14.9 Å². The van der Waals surface area contributed by atoms with Crippen LogP contribution in [0, 0.1) is 0 Å². The molecule has 1 aromatic carbocycles. The first-order valence-electron chi connectivity index (χ1n) is 12.0. The summed E-state index contributed by atoms with van der Waals surface area (Å²) in [4.78, 5) is 23.6. The number of likely N-dealkylation sites (tertiary alicyclic amines) is 1. The second kappa shape index (κ2) is 11.7. The summed E-state index contributed by atoms with van der Waals surface area (Å²) in [5.74, 6) is -4.86. The van der Waals surface area contributed by atoms with Gasteiger partial charge in [-0.1, -0.05) is 12.1 Å². The molecule has 4 rings (SSSR count). The Hall–Kier alpha value is -3.80. The van der Waals surface area contributed by atoms with E-state index >= 15 is 0 Å². The summed E-state index contributed by atoms with van der Waals surface area (Å²) < 4.78 is 70.5. The Kier molecular flexibility index (Phi) is 8.40. The van der Waals surface area contributed by atoms with Crippen LogP contribution in [0.15, 0.2) is 60.9 Å². The molecule has 0 atom stereocenters. The van der Waals surface area contributed by atoms with Crippen LogP contribution in [-0.2, 0) is 12.5 Å². The highest BCUT2D eigenvalue weighted by atomic mass is 19.4. The summed E-state index contributed by atoms with van der Waals surface area (Å²) in [6.45, 7) is 3.84. The molecule has 0 unspecified atom stereocenters. The zero-order valence-corrected chi connectivity index (χ0v) is 20.3. The zero-order chi connectivity index (χ0) is 27.2. The third-order valence-electron chi connectivity index (χ3n) is 6.03. The molecule has 202 valence electrons. The first-order valence-corrected chi connectivity index (χ1v) is 12.0. The van der Waals surface area contributed by atoms with Crippen LogP contribution in [0.5, 0.6) is 5.88 Å². The lowest BCUT2D eigenvalue weighted by Crippen LogP contribution is -2.33. The molecule has 0 saturated carbocycles. The van der Waals surface area contributed by atoms with E-state index in [1.807, 2.05) is 0 Å². The van der Waals surface area contributed by atoms with Gasteiger partial charge in [0, 0.05) is 42.8 Å². The lowest BCUT2D eigenvalue weighted by Gasteiger charge is -2.20. The van der Waals surface area contributed by atoms with Crippen molar-refractivity contribution in [3.63, 3.8) is 0 Å². The molecule has 1 aliphatic rings. The second-order valence-electron chi connectivity index (χ2n) is 8.76. The molecule has 1 aliphatic heterocycles. The number of ether oxygens (including phenoxy) is 1. The number of carbonyl (C=O) groups is 1. The maximum atomic E-state index is 13.5. The summed E-state index contributed by atoms with van der Waals surface area (Å²) in [6, 6.07) is 9.86. The molecule has 0 spiro atoms. The quantitative estimate of drug-likeness (QED) is 0.335. The number of nitrogens with one attached hydrogen (secondary N) is 2. The monoisotopic (exact) mass is 535 g/mol. The van der Waals surface area contributed by atoms with Crippen LogP contribution in [0.4, 0.5) is 33.5 Å². The number of anilines is 2. The molecule has 1 saturated heterocycles. The molecule has 12 heteroatoms. The number of amides is 1. The fourth-order valence-electron chi connectivity index (χ4n) is 3.97. The number of hydrogen-bond donors (Lipinski definition) is 2. The van der Waals surface area contributed by atoms with E-state index in [1.54, 1.807) is 24.4 Å². The smallest absolute Gasteiger partial charge is 0.458 e. The van der Waals surface area contributed by atoms with E-state index < -0.39 is 23.6 Å². The van der Waals surface area contributed by atoms with Crippen molar-refractivity contribution in [1.29, 1.82) is 0 Å². The van der Waals surface area contributed by atoms with Crippen LogP contribution in [0.2, 0.25) is 0 Å². The van der Waals surface area contributed by atoms with Crippen LogP contribution < -0.4 is 15.4 Å². The van der Waals surface area contributed by atoms with Gasteiger partial charge in [-0.15, -0.1) is 0 Å². The number of alkyl halides is 5. The fourth-order valence-corrected chi connectivity index (χ4v) is 3.97. The van der Waals surface area contributed by atoms with Crippen LogP contribution in [0.1, 0.15) is 34.3 Å². The first kappa shape index (κ1) is 27.2. The van der Waals surface area contributed by atoms with Crippen LogP contribution >= 0.6 is 0 Å². The Morgan fingerprint density at radius 2 is 1.71 bits per heavy atom.